The van der Waals surface area contributed by atoms with E-state index in [1.807, 2.05) is 6.92 Å². The lowest BCUT2D eigenvalue weighted by atomic mass is 10.1. The van der Waals surface area contributed by atoms with Gasteiger partial charge in [-0.2, -0.15) is 13.2 Å². The van der Waals surface area contributed by atoms with Crippen LogP contribution in [0.3, 0.4) is 0 Å². The zero-order valence-electron chi connectivity index (χ0n) is 21.0. The molecule has 1 unspecified atom stereocenters. The van der Waals surface area contributed by atoms with Crippen LogP contribution in [0.4, 0.5) is 13.2 Å². The van der Waals surface area contributed by atoms with E-state index >= 15 is 0 Å². The summed E-state index contributed by atoms with van der Waals surface area (Å²) in [5.41, 5.74) is -1.51. The van der Waals surface area contributed by atoms with Crippen molar-refractivity contribution in [2.24, 2.45) is 0 Å². The smallest absolute Gasteiger partial charge is 0.416 e. The van der Waals surface area contributed by atoms with Crippen molar-refractivity contribution in [2.75, 3.05) is 13.2 Å². The van der Waals surface area contributed by atoms with Crippen molar-refractivity contribution in [3.8, 4) is 17.1 Å². The third kappa shape index (κ3) is 7.97. The minimum absolute atomic E-state index is 0.0402. The molecule has 0 bridgehead atoms. The number of carbonyl (C=O) groups excluding carboxylic acids is 1. The minimum atomic E-state index is -4.58. The zero-order valence-corrected chi connectivity index (χ0v) is 21.8. The lowest BCUT2D eigenvalue weighted by molar-refractivity contribution is -0.155. The van der Waals surface area contributed by atoms with Crippen LogP contribution in [0.1, 0.15) is 46.1 Å². The van der Waals surface area contributed by atoms with Gasteiger partial charge in [0.15, 0.2) is 11.0 Å². The number of carbonyl (C=O) groups is 1. The molecule has 0 aliphatic rings. The molecule has 3 rings (SSSR count). The van der Waals surface area contributed by atoms with Gasteiger partial charge in [0.25, 0.3) is 0 Å². The fraction of sp³-hybridized carbons (Fsp3) is 0.407. The Bertz CT molecular complexity index is 1310. The molecule has 1 atom stereocenters. The first-order valence-electron chi connectivity index (χ1n) is 11.8. The van der Waals surface area contributed by atoms with Gasteiger partial charge in [-0.25, -0.2) is 0 Å². The van der Waals surface area contributed by atoms with E-state index in [2.05, 4.69) is 5.32 Å². The molecular formula is C27H29ClF3NO5. The molecule has 0 fully saturated rings. The molecule has 37 heavy (non-hydrogen) atoms. The first-order valence-corrected chi connectivity index (χ1v) is 12.1. The van der Waals surface area contributed by atoms with Crippen molar-refractivity contribution >= 4 is 28.5 Å². The lowest BCUT2D eigenvalue weighted by Gasteiger charge is -2.21. The van der Waals surface area contributed by atoms with Crippen LogP contribution in [0.25, 0.3) is 22.3 Å². The molecule has 3 aromatic rings. The van der Waals surface area contributed by atoms with Crippen molar-refractivity contribution < 1.29 is 31.9 Å². The third-order valence-electron chi connectivity index (χ3n) is 5.25. The lowest BCUT2D eigenvalue weighted by Crippen LogP contribution is -2.33. The molecule has 1 N–H and O–H groups in total. The van der Waals surface area contributed by atoms with Gasteiger partial charge >= 0.3 is 12.1 Å². The number of rotatable bonds is 9. The second kappa shape index (κ2) is 11.6. The van der Waals surface area contributed by atoms with E-state index in [0.717, 1.165) is 12.1 Å². The van der Waals surface area contributed by atoms with E-state index in [4.69, 9.17) is 25.5 Å². The van der Waals surface area contributed by atoms with Crippen LogP contribution < -0.4 is 15.5 Å². The Morgan fingerprint density at radius 3 is 2.54 bits per heavy atom. The van der Waals surface area contributed by atoms with E-state index in [1.165, 1.54) is 12.1 Å². The maximum Gasteiger partial charge on any atom is 0.416 e. The summed E-state index contributed by atoms with van der Waals surface area (Å²) in [6.45, 7) is 7.75. The second-order valence-electron chi connectivity index (χ2n) is 9.65. The van der Waals surface area contributed by atoms with Crippen LogP contribution in [0, 0.1) is 0 Å². The molecule has 0 saturated heterocycles. The summed E-state index contributed by atoms with van der Waals surface area (Å²) in [7, 11) is 0. The highest BCUT2D eigenvalue weighted by Crippen LogP contribution is 2.38. The minimum Gasteiger partial charge on any atom is -0.493 e. The predicted octanol–water partition coefficient (Wildman–Crippen LogP) is 6.61. The number of benzene rings is 2. The quantitative estimate of drug-likeness (QED) is 0.243. The number of esters is 1. The summed E-state index contributed by atoms with van der Waals surface area (Å²) in [5, 5.41) is 3.63. The summed E-state index contributed by atoms with van der Waals surface area (Å²) >= 11 is 6.17. The van der Waals surface area contributed by atoms with Crippen LogP contribution in [-0.2, 0) is 15.7 Å². The van der Waals surface area contributed by atoms with Gasteiger partial charge in [0.2, 0.25) is 0 Å². The standard InChI is InChI=1S/C27H29ClF3NO5/c1-16(13-24(34)37-26(2,3)4)32-11-6-12-35-22-14-17(27(29,30)31)9-10-19(22)23-15-21(33)18-7-5-8-20(28)25(18)36-23/h5,7-10,14-16,32H,6,11-13H2,1-4H3. The molecule has 1 aromatic heterocycles. The maximum absolute atomic E-state index is 13.4. The zero-order chi connectivity index (χ0) is 27.4. The van der Waals surface area contributed by atoms with E-state index in [0.29, 0.717) is 13.0 Å². The predicted molar refractivity (Wildman–Crippen MR) is 136 cm³/mol. The molecule has 10 heteroatoms. The van der Waals surface area contributed by atoms with E-state index < -0.39 is 17.3 Å². The SMILES string of the molecule is CC(CC(=O)OC(C)(C)C)NCCCOc1cc(C(F)(F)F)ccc1-c1cc(=O)c2cccc(Cl)c2o1. The average Bonchev–Trinajstić information content (AvgIpc) is 2.77. The van der Waals surface area contributed by atoms with Crippen LogP contribution in [-0.4, -0.2) is 30.8 Å². The summed E-state index contributed by atoms with van der Waals surface area (Å²) < 4.78 is 56.9. The summed E-state index contributed by atoms with van der Waals surface area (Å²) in [5.74, 6) is -0.362. The van der Waals surface area contributed by atoms with E-state index in [-0.39, 0.29) is 63.5 Å². The van der Waals surface area contributed by atoms with E-state index in [9.17, 15) is 22.8 Å². The number of para-hydroxylation sites is 1. The highest BCUT2D eigenvalue weighted by molar-refractivity contribution is 6.34. The van der Waals surface area contributed by atoms with Crippen molar-refractivity contribution in [3.63, 3.8) is 0 Å². The van der Waals surface area contributed by atoms with Crippen molar-refractivity contribution in [1.29, 1.82) is 0 Å². The first kappa shape index (κ1) is 28.5. The van der Waals surface area contributed by atoms with Crippen molar-refractivity contribution in [2.45, 2.75) is 58.4 Å². The van der Waals surface area contributed by atoms with Crippen molar-refractivity contribution in [1.82, 2.24) is 5.32 Å². The second-order valence-corrected chi connectivity index (χ2v) is 10.1. The maximum atomic E-state index is 13.4. The number of nitrogens with one attached hydrogen (secondary N) is 1. The highest BCUT2D eigenvalue weighted by Gasteiger charge is 2.31. The van der Waals surface area contributed by atoms with Crippen LogP contribution >= 0.6 is 11.6 Å². The molecular weight excluding hydrogens is 511 g/mol. The molecule has 0 spiro atoms. The number of hydrogen-bond acceptors (Lipinski definition) is 6. The Morgan fingerprint density at radius 1 is 1.14 bits per heavy atom. The topological polar surface area (TPSA) is 77.8 Å². The summed E-state index contributed by atoms with van der Waals surface area (Å²) in [4.78, 5) is 24.5. The van der Waals surface area contributed by atoms with Crippen LogP contribution in [0.5, 0.6) is 5.75 Å². The van der Waals surface area contributed by atoms with Gasteiger partial charge in [0.1, 0.15) is 17.1 Å². The molecule has 2 aromatic carbocycles. The van der Waals surface area contributed by atoms with Gasteiger partial charge in [-0.05, 0) is 71.0 Å². The summed E-state index contributed by atoms with van der Waals surface area (Å²) in [6.07, 6.45) is -3.95. The largest absolute Gasteiger partial charge is 0.493 e. The van der Waals surface area contributed by atoms with Gasteiger partial charge in [-0.15, -0.1) is 0 Å². The molecule has 200 valence electrons. The van der Waals surface area contributed by atoms with Crippen LogP contribution in [0.15, 0.2) is 51.7 Å². The monoisotopic (exact) mass is 539 g/mol. The highest BCUT2D eigenvalue weighted by atomic mass is 35.5. The molecule has 0 amide bonds. The first-order chi connectivity index (χ1) is 17.2. The molecule has 1 heterocycles. The van der Waals surface area contributed by atoms with Gasteiger partial charge in [-0.1, -0.05) is 17.7 Å². The van der Waals surface area contributed by atoms with Gasteiger partial charge in [0, 0.05) is 12.1 Å². The molecule has 6 nitrogen and oxygen atoms in total. The number of fused-ring (bicyclic) bond motifs is 1. The molecule has 0 aliphatic heterocycles. The fourth-order valence-electron chi connectivity index (χ4n) is 3.61. The Kier molecular flexibility index (Phi) is 8.92. The Labute approximate surface area is 217 Å². The Balaban J connectivity index is 1.73. The Morgan fingerprint density at radius 2 is 1.86 bits per heavy atom. The number of hydrogen-bond donors (Lipinski definition) is 1. The fourth-order valence-corrected chi connectivity index (χ4v) is 3.82. The molecule has 0 saturated carbocycles. The van der Waals surface area contributed by atoms with Gasteiger partial charge in [-0.3, -0.25) is 9.59 Å². The number of halogens is 4. The van der Waals surface area contributed by atoms with Crippen LogP contribution in [0.2, 0.25) is 5.02 Å². The average molecular weight is 540 g/mol. The van der Waals surface area contributed by atoms with Crippen molar-refractivity contribution in [3.05, 3.63) is 63.3 Å². The van der Waals surface area contributed by atoms with Gasteiger partial charge in [0.05, 0.1) is 34.6 Å². The van der Waals surface area contributed by atoms with E-state index in [1.54, 1.807) is 39.0 Å². The normalized spacial score (nSPS) is 13.0. The summed E-state index contributed by atoms with van der Waals surface area (Å²) in [6, 6.07) is 8.75. The third-order valence-corrected chi connectivity index (χ3v) is 5.54. The van der Waals surface area contributed by atoms with Gasteiger partial charge < -0.3 is 19.2 Å². The molecule has 0 aliphatic carbocycles. The number of alkyl halides is 3. The molecule has 0 radical (unpaired) electrons. The Hall–Kier alpha value is -3.04. The number of ether oxygens (including phenoxy) is 2.